The van der Waals surface area contributed by atoms with Crippen LogP contribution in [0, 0.1) is 0 Å². The SMILES string of the molecule is CCOC(=O)[C@H](C)OC1CN(C(=O)O)CCC1c1ccc(OCCCOCc2ccccc2OC)cc1. The maximum absolute atomic E-state index is 12.1. The largest absolute Gasteiger partial charge is 0.496 e. The Balaban J connectivity index is 1.49. The van der Waals surface area contributed by atoms with Gasteiger partial charge in [0.25, 0.3) is 0 Å². The van der Waals surface area contributed by atoms with Gasteiger partial charge in [0, 0.05) is 24.4 Å². The molecule has 1 aliphatic rings. The number of piperidine rings is 1. The average molecular weight is 516 g/mol. The maximum atomic E-state index is 12.1. The maximum Gasteiger partial charge on any atom is 0.407 e. The molecular formula is C28H37NO8. The van der Waals surface area contributed by atoms with Crippen LogP contribution in [0.2, 0.25) is 0 Å². The molecule has 1 amide bonds. The number of carbonyl (C=O) groups is 2. The minimum atomic E-state index is -0.994. The van der Waals surface area contributed by atoms with E-state index in [0.717, 1.165) is 29.0 Å². The Morgan fingerprint density at radius 3 is 2.57 bits per heavy atom. The van der Waals surface area contributed by atoms with E-state index < -0.39 is 24.3 Å². The molecule has 1 fully saturated rings. The second-order valence-corrected chi connectivity index (χ2v) is 8.83. The summed E-state index contributed by atoms with van der Waals surface area (Å²) in [7, 11) is 1.65. The van der Waals surface area contributed by atoms with Crippen LogP contribution in [0.15, 0.2) is 48.5 Å². The Labute approximate surface area is 218 Å². The number of nitrogens with zero attached hydrogens (tertiary/aromatic N) is 1. The van der Waals surface area contributed by atoms with E-state index >= 15 is 0 Å². The van der Waals surface area contributed by atoms with E-state index in [2.05, 4.69) is 0 Å². The molecular weight excluding hydrogens is 478 g/mol. The summed E-state index contributed by atoms with van der Waals surface area (Å²) in [5, 5.41) is 9.44. The number of methoxy groups -OCH3 is 1. The molecule has 0 aliphatic carbocycles. The van der Waals surface area contributed by atoms with Crippen LogP contribution in [0.25, 0.3) is 0 Å². The van der Waals surface area contributed by atoms with Gasteiger partial charge in [-0.05, 0) is 44.0 Å². The Morgan fingerprint density at radius 2 is 1.86 bits per heavy atom. The van der Waals surface area contributed by atoms with Gasteiger partial charge in [0.2, 0.25) is 0 Å². The summed E-state index contributed by atoms with van der Waals surface area (Å²) >= 11 is 0. The van der Waals surface area contributed by atoms with E-state index in [1.807, 2.05) is 48.5 Å². The van der Waals surface area contributed by atoms with Crippen molar-refractivity contribution in [3.8, 4) is 11.5 Å². The Hall–Kier alpha value is -3.30. The second kappa shape index (κ2) is 14.4. The van der Waals surface area contributed by atoms with E-state index in [-0.39, 0.29) is 19.1 Å². The highest BCUT2D eigenvalue weighted by Gasteiger charge is 2.35. The summed E-state index contributed by atoms with van der Waals surface area (Å²) in [5.41, 5.74) is 2.02. The fraction of sp³-hybridized carbons (Fsp3) is 0.500. The van der Waals surface area contributed by atoms with Crippen LogP contribution in [0.4, 0.5) is 4.79 Å². The molecule has 0 radical (unpaired) electrons. The summed E-state index contributed by atoms with van der Waals surface area (Å²) in [6, 6.07) is 15.5. The third-order valence-electron chi connectivity index (χ3n) is 6.29. The molecule has 1 heterocycles. The first-order valence-corrected chi connectivity index (χ1v) is 12.6. The quantitative estimate of drug-likeness (QED) is 0.308. The molecule has 3 atom stereocenters. The highest BCUT2D eigenvalue weighted by Crippen LogP contribution is 2.32. The second-order valence-electron chi connectivity index (χ2n) is 8.83. The number of para-hydroxylation sites is 1. The van der Waals surface area contributed by atoms with Crippen molar-refractivity contribution < 1.29 is 38.4 Å². The lowest BCUT2D eigenvalue weighted by Gasteiger charge is -2.38. The van der Waals surface area contributed by atoms with Crippen molar-refractivity contribution in [2.45, 2.75) is 51.4 Å². The van der Waals surface area contributed by atoms with Gasteiger partial charge in [0.15, 0.2) is 6.10 Å². The summed E-state index contributed by atoms with van der Waals surface area (Å²) in [6.07, 6.45) is -0.903. The van der Waals surface area contributed by atoms with Crippen LogP contribution in [0.5, 0.6) is 11.5 Å². The number of esters is 1. The van der Waals surface area contributed by atoms with Gasteiger partial charge in [0.1, 0.15) is 11.5 Å². The minimum absolute atomic E-state index is 0.0510. The number of rotatable bonds is 13. The predicted molar refractivity (Wildman–Crippen MR) is 137 cm³/mol. The van der Waals surface area contributed by atoms with Crippen molar-refractivity contribution in [3.05, 3.63) is 59.7 Å². The zero-order valence-corrected chi connectivity index (χ0v) is 21.8. The molecule has 9 heteroatoms. The van der Waals surface area contributed by atoms with Crippen molar-refractivity contribution in [1.29, 1.82) is 0 Å². The smallest absolute Gasteiger partial charge is 0.407 e. The molecule has 0 aromatic heterocycles. The Bertz CT molecular complexity index is 996. The van der Waals surface area contributed by atoms with Gasteiger partial charge in [-0.15, -0.1) is 0 Å². The van der Waals surface area contributed by atoms with E-state index in [0.29, 0.717) is 32.8 Å². The highest BCUT2D eigenvalue weighted by atomic mass is 16.6. The Morgan fingerprint density at radius 1 is 1.11 bits per heavy atom. The van der Waals surface area contributed by atoms with Gasteiger partial charge < -0.3 is 33.7 Å². The van der Waals surface area contributed by atoms with Crippen LogP contribution < -0.4 is 9.47 Å². The van der Waals surface area contributed by atoms with Crippen molar-refractivity contribution >= 4 is 12.1 Å². The molecule has 1 saturated heterocycles. The standard InChI is InChI=1S/C28H37NO8/c1-4-35-27(30)20(2)37-26-18-29(28(31)32)15-14-24(26)21-10-12-23(13-11-21)36-17-7-16-34-19-22-8-5-6-9-25(22)33-3/h5-6,8-13,20,24,26H,4,7,14-19H2,1-3H3,(H,31,32)/t20-,24?,26?/m0/s1. The van der Waals surface area contributed by atoms with Crippen molar-refractivity contribution in [2.24, 2.45) is 0 Å². The van der Waals surface area contributed by atoms with Crippen LogP contribution in [0.3, 0.4) is 0 Å². The first-order valence-electron chi connectivity index (χ1n) is 12.6. The lowest BCUT2D eigenvalue weighted by molar-refractivity contribution is -0.161. The first-order chi connectivity index (χ1) is 17.9. The minimum Gasteiger partial charge on any atom is -0.496 e. The molecule has 3 rings (SSSR count). The van der Waals surface area contributed by atoms with Crippen molar-refractivity contribution in [1.82, 2.24) is 4.90 Å². The highest BCUT2D eigenvalue weighted by molar-refractivity contribution is 5.74. The van der Waals surface area contributed by atoms with Crippen LogP contribution >= 0.6 is 0 Å². The predicted octanol–water partition coefficient (Wildman–Crippen LogP) is 4.49. The van der Waals surface area contributed by atoms with Crippen LogP contribution in [-0.2, 0) is 25.6 Å². The van der Waals surface area contributed by atoms with E-state index in [1.54, 1.807) is 21.0 Å². The van der Waals surface area contributed by atoms with Gasteiger partial charge >= 0.3 is 12.1 Å². The monoisotopic (exact) mass is 515 g/mol. The number of carbonyl (C=O) groups excluding carboxylic acids is 1. The molecule has 2 aromatic carbocycles. The van der Waals surface area contributed by atoms with Gasteiger partial charge in [-0.2, -0.15) is 0 Å². The summed E-state index contributed by atoms with van der Waals surface area (Å²) < 4.78 is 28.0. The zero-order chi connectivity index (χ0) is 26.6. The third-order valence-corrected chi connectivity index (χ3v) is 6.29. The number of ether oxygens (including phenoxy) is 5. The number of amides is 1. The van der Waals surface area contributed by atoms with Gasteiger partial charge in [-0.1, -0.05) is 30.3 Å². The fourth-order valence-electron chi connectivity index (χ4n) is 4.35. The summed E-state index contributed by atoms with van der Waals surface area (Å²) in [6.45, 7) is 5.79. The van der Waals surface area contributed by atoms with Gasteiger partial charge in [-0.3, -0.25) is 0 Å². The number of hydrogen-bond acceptors (Lipinski definition) is 7. The van der Waals surface area contributed by atoms with E-state index in [4.69, 9.17) is 23.7 Å². The van der Waals surface area contributed by atoms with Gasteiger partial charge in [0.05, 0.1) is 46.2 Å². The molecule has 202 valence electrons. The topological polar surface area (TPSA) is 104 Å². The fourth-order valence-corrected chi connectivity index (χ4v) is 4.35. The number of carboxylic acid groups (broad SMARTS) is 1. The molecule has 0 spiro atoms. The first kappa shape index (κ1) is 28.3. The Kier molecular flexibility index (Phi) is 11.0. The number of hydrogen-bond donors (Lipinski definition) is 1. The number of benzene rings is 2. The molecule has 0 bridgehead atoms. The number of likely N-dealkylation sites (tertiary alicyclic amines) is 1. The van der Waals surface area contributed by atoms with Crippen molar-refractivity contribution in [2.75, 3.05) is 40.0 Å². The average Bonchev–Trinajstić information content (AvgIpc) is 2.91. The van der Waals surface area contributed by atoms with Crippen LogP contribution in [-0.4, -0.2) is 74.3 Å². The summed E-state index contributed by atoms with van der Waals surface area (Å²) in [5.74, 6) is 1.05. The zero-order valence-electron chi connectivity index (χ0n) is 21.8. The van der Waals surface area contributed by atoms with Crippen LogP contribution in [0.1, 0.15) is 43.7 Å². The van der Waals surface area contributed by atoms with Crippen molar-refractivity contribution in [3.63, 3.8) is 0 Å². The third kappa shape index (κ3) is 8.36. The molecule has 37 heavy (non-hydrogen) atoms. The lowest BCUT2D eigenvalue weighted by atomic mass is 9.87. The van der Waals surface area contributed by atoms with E-state index in [1.165, 1.54) is 4.90 Å². The molecule has 2 aromatic rings. The molecule has 9 nitrogen and oxygen atoms in total. The molecule has 2 unspecified atom stereocenters. The normalized spacial score (nSPS) is 18.2. The lowest BCUT2D eigenvalue weighted by Crippen LogP contribution is -2.48. The van der Waals surface area contributed by atoms with Gasteiger partial charge in [-0.25, -0.2) is 9.59 Å². The summed E-state index contributed by atoms with van der Waals surface area (Å²) in [4.78, 5) is 24.9. The molecule has 1 aliphatic heterocycles. The molecule has 1 N–H and O–H groups in total. The molecule has 0 saturated carbocycles. The van der Waals surface area contributed by atoms with E-state index in [9.17, 15) is 14.7 Å².